The minimum atomic E-state index is -0.0994. The first-order chi connectivity index (χ1) is 12.7. The van der Waals surface area contributed by atoms with Gasteiger partial charge in [-0.3, -0.25) is 4.79 Å². The second kappa shape index (κ2) is 7.62. The third-order valence-electron chi connectivity index (χ3n) is 5.07. The number of aliphatic imine (C=N–C) groups is 1. The molecule has 0 bridgehead atoms. The van der Waals surface area contributed by atoms with Crippen LogP contribution in [0.25, 0.3) is 0 Å². The second-order valence-corrected chi connectivity index (χ2v) is 7.78. The highest BCUT2D eigenvalue weighted by Crippen LogP contribution is 2.34. The van der Waals surface area contributed by atoms with Crippen molar-refractivity contribution < 1.29 is 4.79 Å². The summed E-state index contributed by atoms with van der Waals surface area (Å²) in [5.41, 5.74) is 3.52. The number of benzene rings is 2. The first-order valence-corrected chi connectivity index (χ1v) is 9.94. The van der Waals surface area contributed by atoms with E-state index in [2.05, 4.69) is 56.5 Å². The van der Waals surface area contributed by atoms with Crippen molar-refractivity contribution in [1.82, 2.24) is 10.2 Å². The predicted molar refractivity (Wildman–Crippen MR) is 108 cm³/mol. The van der Waals surface area contributed by atoms with Crippen LogP contribution >= 0.6 is 15.9 Å². The average molecular weight is 412 g/mol. The highest BCUT2D eigenvalue weighted by atomic mass is 79.9. The molecule has 4 nitrogen and oxygen atoms in total. The summed E-state index contributed by atoms with van der Waals surface area (Å²) in [5.74, 6) is 1.17. The van der Waals surface area contributed by atoms with E-state index in [-0.39, 0.29) is 11.9 Å². The fraction of sp³-hybridized carbons (Fsp3) is 0.333. The summed E-state index contributed by atoms with van der Waals surface area (Å²) in [7, 11) is 0. The molecule has 1 saturated heterocycles. The molecule has 5 heteroatoms. The lowest BCUT2D eigenvalue weighted by Gasteiger charge is -2.30. The lowest BCUT2D eigenvalue weighted by atomic mass is 10.1. The van der Waals surface area contributed by atoms with Crippen LogP contribution in [0, 0.1) is 0 Å². The molecule has 1 atom stereocenters. The number of hydrogen-bond acceptors (Lipinski definition) is 3. The fourth-order valence-electron chi connectivity index (χ4n) is 3.72. The maximum atomic E-state index is 12.7. The third kappa shape index (κ3) is 3.68. The number of carbonyl (C=O) groups is 1. The summed E-state index contributed by atoms with van der Waals surface area (Å²) in [6.07, 6.45) is 3.67. The van der Waals surface area contributed by atoms with Crippen LogP contribution in [0.4, 0.5) is 5.69 Å². The molecule has 2 aromatic rings. The summed E-state index contributed by atoms with van der Waals surface area (Å²) in [5, 5.41) is 3.12. The molecule has 2 aliphatic rings. The largest absolute Gasteiger partial charge is 0.354 e. The van der Waals surface area contributed by atoms with Gasteiger partial charge in [-0.2, -0.15) is 0 Å². The topological polar surface area (TPSA) is 44.7 Å². The Morgan fingerprint density at radius 2 is 2.08 bits per heavy atom. The molecular formula is C21H22BrN3O. The number of halogens is 1. The highest BCUT2D eigenvalue weighted by molar-refractivity contribution is 9.10. The number of fused-ring (bicyclic) bond motifs is 2. The number of nitrogens with one attached hydrogen (secondary N) is 1. The van der Waals surface area contributed by atoms with Gasteiger partial charge in [0.05, 0.1) is 5.69 Å². The normalized spacial score (nSPS) is 18.1. The molecule has 0 aliphatic carbocycles. The van der Waals surface area contributed by atoms with Crippen molar-refractivity contribution in [2.75, 3.05) is 6.54 Å². The van der Waals surface area contributed by atoms with Crippen LogP contribution in [0.1, 0.15) is 30.4 Å². The quantitative estimate of drug-likeness (QED) is 0.748. The van der Waals surface area contributed by atoms with Crippen LogP contribution in [0.15, 0.2) is 58.0 Å². The van der Waals surface area contributed by atoms with E-state index in [1.165, 1.54) is 11.1 Å². The van der Waals surface area contributed by atoms with Gasteiger partial charge in [0.2, 0.25) is 5.91 Å². The molecule has 0 radical (unpaired) electrons. The van der Waals surface area contributed by atoms with Gasteiger partial charge in [-0.1, -0.05) is 46.3 Å². The van der Waals surface area contributed by atoms with Gasteiger partial charge in [0.1, 0.15) is 11.9 Å². The molecule has 0 spiro atoms. The maximum Gasteiger partial charge on any atom is 0.242 e. The lowest BCUT2D eigenvalue weighted by molar-refractivity contribution is -0.124. The van der Waals surface area contributed by atoms with Crippen molar-refractivity contribution in [2.24, 2.45) is 4.99 Å². The number of nitrogens with zero attached hydrogens (tertiary/aromatic N) is 2. The standard InChI is InChI=1S/C21H22BrN3O/c22-17-8-9-18-16(13-17)14-25-19(10-11-20(25)24-18)21(26)23-12-4-7-15-5-2-1-3-6-15/h1-3,5-6,8-9,13,19H,4,7,10-12,14H2,(H,23,26)/t19-/m0/s1. The van der Waals surface area contributed by atoms with Gasteiger partial charge in [0.15, 0.2) is 0 Å². The Morgan fingerprint density at radius 3 is 2.92 bits per heavy atom. The van der Waals surface area contributed by atoms with E-state index in [4.69, 9.17) is 4.99 Å². The van der Waals surface area contributed by atoms with Crippen molar-refractivity contribution >= 4 is 33.4 Å². The van der Waals surface area contributed by atoms with Gasteiger partial charge < -0.3 is 10.2 Å². The van der Waals surface area contributed by atoms with Crippen LogP contribution < -0.4 is 5.32 Å². The van der Waals surface area contributed by atoms with E-state index in [1.54, 1.807) is 0 Å². The minimum Gasteiger partial charge on any atom is -0.354 e. The molecule has 2 aliphatic heterocycles. The molecule has 26 heavy (non-hydrogen) atoms. The highest BCUT2D eigenvalue weighted by Gasteiger charge is 2.36. The summed E-state index contributed by atoms with van der Waals surface area (Å²) < 4.78 is 1.05. The Balaban J connectivity index is 1.33. The lowest BCUT2D eigenvalue weighted by Crippen LogP contribution is -2.45. The zero-order valence-electron chi connectivity index (χ0n) is 14.6. The third-order valence-corrected chi connectivity index (χ3v) is 5.56. The first-order valence-electron chi connectivity index (χ1n) is 9.15. The van der Waals surface area contributed by atoms with E-state index in [1.807, 2.05) is 18.2 Å². The maximum absolute atomic E-state index is 12.7. The van der Waals surface area contributed by atoms with E-state index in [0.717, 1.165) is 48.2 Å². The number of carbonyl (C=O) groups excluding carboxylic acids is 1. The Kier molecular flexibility index (Phi) is 5.07. The molecular weight excluding hydrogens is 390 g/mol. The Morgan fingerprint density at radius 1 is 1.23 bits per heavy atom. The molecule has 1 fully saturated rings. The summed E-state index contributed by atoms with van der Waals surface area (Å²) in [6, 6.07) is 16.5. The summed E-state index contributed by atoms with van der Waals surface area (Å²) in [4.78, 5) is 19.6. The Labute approximate surface area is 162 Å². The van der Waals surface area contributed by atoms with Crippen molar-refractivity contribution in [3.63, 3.8) is 0 Å². The summed E-state index contributed by atoms with van der Waals surface area (Å²) in [6.45, 7) is 1.47. The predicted octanol–water partition coefficient (Wildman–Crippen LogP) is 4.21. The van der Waals surface area contributed by atoms with Crippen molar-refractivity contribution in [3.8, 4) is 0 Å². The van der Waals surface area contributed by atoms with Crippen LogP contribution in [0.2, 0.25) is 0 Å². The Hall–Kier alpha value is -2.14. The van der Waals surface area contributed by atoms with Crippen LogP contribution in [0.5, 0.6) is 0 Å². The fourth-order valence-corrected chi connectivity index (χ4v) is 4.13. The van der Waals surface area contributed by atoms with Gasteiger partial charge >= 0.3 is 0 Å². The molecule has 2 aromatic carbocycles. The molecule has 0 aromatic heterocycles. The number of rotatable bonds is 5. The number of amidine groups is 1. The van der Waals surface area contributed by atoms with E-state index in [0.29, 0.717) is 6.54 Å². The first kappa shape index (κ1) is 17.3. The molecule has 2 heterocycles. The van der Waals surface area contributed by atoms with Crippen molar-refractivity contribution in [2.45, 2.75) is 38.3 Å². The number of aryl methyl sites for hydroxylation is 1. The van der Waals surface area contributed by atoms with Gasteiger partial charge in [-0.05, 0) is 48.6 Å². The van der Waals surface area contributed by atoms with Gasteiger partial charge in [-0.25, -0.2) is 4.99 Å². The average Bonchev–Trinajstić information content (AvgIpc) is 3.07. The molecule has 0 saturated carbocycles. The zero-order valence-corrected chi connectivity index (χ0v) is 16.2. The van der Waals surface area contributed by atoms with Crippen LogP contribution in [-0.2, 0) is 17.8 Å². The smallest absolute Gasteiger partial charge is 0.242 e. The van der Waals surface area contributed by atoms with Crippen molar-refractivity contribution in [1.29, 1.82) is 0 Å². The van der Waals surface area contributed by atoms with Gasteiger partial charge in [-0.15, -0.1) is 0 Å². The monoisotopic (exact) mass is 411 g/mol. The van der Waals surface area contributed by atoms with Crippen LogP contribution in [0.3, 0.4) is 0 Å². The zero-order chi connectivity index (χ0) is 17.9. The van der Waals surface area contributed by atoms with Gasteiger partial charge in [0.25, 0.3) is 0 Å². The molecule has 4 rings (SSSR count). The SMILES string of the molecule is O=C(NCCCc1ccccc1)[C@@H]1CCC2=Nc3ccc(Br)cc3CN21. The van der Waals surface area contributed by atoms with Crippen molar-refractivity contribution in [3.05, 3.63) is 64.1 Å². The Bertz CT molecular complexity index is 834. The second-order valence-electron chi connectivity index (χ2n) is 6.86. The number of hydrogen-bond donors (Lipinski definition) is 1. The van der Waals surface area contributed by atoms with Crippen LogP contribution in [-0.4, -0.2) is 29.2 Å². The molecule has 1 amide bonds. The molecule has 0 unspecified atom stereocenters. The number of amides is 1. The van der Waals surface area contributed by atoms with E-state index >= 15 is 0 Å². The molecule has 1 N–H and O–H groups in total. The molecule has 134 valence electrons. The van der Waals surface area contributed by atoms with E-state index < -0.39 is 0 Å². The summed E-state index contributed by atoms with van der Waals surface area (Å²) >= 11 is 3.52. The minimum absolute atomic E-state index is 0.0994. The van der Waals surface area contributed by atoms with E-state index in [9.17, 15) is 4.79 Å². The van der Waals surface area contributed by atoms with Gasteiger partial charge in [0, 0.05) is 24.0 Å².